The average Bonchev–Trinajstić information content (AvgIpc) is 2.71. The monoisotopic (exact) mass is 278 g/mol. The Hall–Kier alpha value is -2.11. The largest absolute Gasteiger partial charge is 0.477 e. The molecule has 20 heavy (non-hydrogen) atoms. The minimum absolute atomic E-state index is 0.0000961. The van der Waals surface area contributed by atoms with Crippen LogP contribution in [0.3, 0.4) is 0 Å². The quantitative estimate of drug-likeness (QED) is 0.652. The van der Waals surface area contributed by atoms with E-state index in [2.05, 4.69) is 33.0 Å². The van der Waals surface area contributed by atoms with Crippen molar-refractivity contribution in [3.8, 4) is 0 Å². The molecule has 1 aliphatic rings. The van der Waals surface area contributed by atoms with E-state index in [1.807, 2.05) is 0 Å². The van der Waals surface area contributed by atoms with Crippen LogP contribution in [0.25, 0.3) is 0 Å². The molecule has 2 N–H and O–H groups in total. The third-order valence-electron chi connectivity index (χ3n) is 4.77. The molecule has 1 aliphatic carbocycles. The molecule has 0 radical (unpaired) electrons. The fourth-order valence-electron chi connectivity index (χ4n) is 2.74. The van der Waals surface area contributed by atoms with E-state index in [1.54, 1.807) is 6.07 Å². The van der Waals surface area contributed by atoms with Gasteiger partial charge in [0.15, 0.2) is 0 Å². The highest BCUT2D eigenvalue weighted by atomic mass is 16.6. The number of benzene rings is 1. The lowest BCUT2D eigenvalue weighted by molar-refractivity contribution is -0.384. The van der Waals surface area contributed by atoms with Gasteiger partial charge in [0.25, 0.3) is 0 Å². The van der Waals surface area contributed by atoms with E-state index < -0.39 is 10.9 Å². The third kappa shape index (κ3) is 1.92. The highest BCUT2D eigenvalue weighted by Crippen LogP contribution is 2.64. The molecular formula is C14H18N2O4. The highest BCUT2D eigenvalue weighted by molar-refractivity contribution is 5.95. The molecule has 0 aliphatic heterocycles. The van der Waals surface area contributed by atoms with Gasteiger partial charge in [0.2, 0.25) is 0 Å². The number of nitrogens with one attached hydrogen (secondary N) is 1. The van der Waals surface area contributed by atoms with E-state index in [-0.39, 0.29) is 33.8 Å². The summed E-state index contributed by atoms with van der Waals surface area (Å²) in [5.41, 5.74) is -0.409. The van der Waals surface area contributed by atoms with Gasteiger partial charge in [-0.15, -0.1) is 0 Å². The number of para-hydroxylation sites is 1. The van der Waals surface area contributed by atoms with Gasteiger partial charge in [-0.25, -0.2) is 4.79 Å². The summed E-state index contributed by atoms with van der Waals surface area (Å²) >= 11 is 0. The number of carboxylic acid groups (broad SMARTS) is 1. The van der Waals surface area contributed by atoms with Crippen molar-refractivity contribution in [3.63, 3.8) is 0 Å². The normalized spacial score (nSPS) is 19.4. The smallest absolute Gasteiger partial charge is 0.342 e. The van der Waals surface area contributed by atoms with E-state index >= 15 is 0 Å². The summed E-state index contributed by atoms with van der Waals surface area (Å²) in [5, 5.41) is 23.4. The Kier molecular flexibility index (Phi) is 3.00. The molecule has 0 aromatic heterocycles. The average molecular weight is 278 g/mol. The van der Waals surface area contributed by atoms with Gasteiger partial charge in [0.05, 0.1) is 4.92 Å². The number of anilines is 1. The van der Waals surface area contributed by atoms with Gasteiger partial charge < -0.3 is 10.4 Å². The van der Waals surface area contributed by atoms with Crippen molar-refractivity contribution in [2.24, 2.45) is 10.8 Å². The van der Waals surface area contributed by atoms with Crippen LogP contribution in [0.4, 0.5) is 11.4 Å². The number of rotatable bonds is 4. The summed E-state index contributed by atoms with van der Waals surface area (Å²) < 4.78 is 0. The lowest BCUT2D eigenvalue weighted by Crippen LogP contribution is -2.13. The van der Waals surface area contributed by atoms with Crippen molar-refractivity contribution in [2.45, 2.75) is 33.7 Å². The molecule has 108 valence electrons. The lowest BCUT2D eigenvalue weighted by Gasteiger charge is -2.10. The molecule has 2 rings (SSSR count). The van der Waals surface area contributed by atoms with E-state index in [0.29, 0.717) is 0 Å². The van der Waals surface area contributed by atoms with Crippen molar-refractivity contribution in [2.75, 3.05) is 5.32 Å². The molecule has 0 bridgehead atoms. The maximum Gasteiger partial charge on any atom is 0.342 e. The first-order valence-corrected chi connectivity index (χ1v) is 6.38. The van der Waals surface area contributed by atoms with Gasteiger partial charge in [-0.2, -0.15) is 0 Å². The predicted octanol–water partition coefficient (Wildman–Crippen LogP) is 3.14. The summed E-state index contributed by atoms with van der Waals surface area (Å²) in [6.45, 7) is 8.32. The van der Waals surface area contributed by atoms with Crippen LogP contribution in [0.5, 0.6) is 0 Å². The topological polar surface area (TPSA) is 92.5 Å². The van der Waals surface area contributed by atoms with Gasteiger partial charge >= 0.3 is 11.7 Å². The van der Waals surface area contributed by atoms with E-state index in [1.165, 1.54) is 12.1 Å². The minimum atomic E-state index is -1.30. The van der Waals surface area contributed by atoms with Crippen LogP contribution in [0.1, 0.15) is 38.1 Å². The fraction of sp³-hybridized carbons (Fsp3) is 0.500. The zero-order valence-corrected chi connectivity index (χ0v) is 11.9. The van der Waals surface area contributed by atoms with E-state index in [9.17, 15) is 14.9 Å². The van der Waals surface area contributed by atoms with Gasteiger partial charge in [-0.3, -0.25) is 10.1 Å². The zero-order chi connectivity index (χ0) is 15.3. The summed E-state index contributed by atoms with van der Waals surface area (Å²) in [6, 6.07) is 4.38. The number of carbonyl (C=O) groups is 1. The first-order chi connectivity index (χ1) is 9.10. The summed E-state index contributed by atoms with van der Waals surface area (Å²) in [6.07, 6.45) is 0. The number of aromatic carboxylic acids is 1. The van der Waals surface area contributed by atoms with E-state index in [0.717, 1.165) is 0 Å². The maximum absolute atomic E-state index is 11.2. The Labute approximate surface area is 117 Å². The van der Waals surface area contributed by atoms with Gasteiger partial charge in [-0.05, 0) is 23.0 Å². The molecule has 0 amide bonds. The lowest BCUT2D eigenvalue weighted by atomic mass is 10.0. The Bertz CT molecular complexity index is 579. The van der Waals surface area contributed by atoms with Crippen LogP contribution in [0.2, 0.25) is 0 Å². The first kappa shape index (κ1) is 14.3. The predicted molar refractivity (Wildman–Crippen MR) is 75.0 cm³/mol. The molecule has 0 heterocycles. The SMILES string of the molecule is CC1(C)C(Nc2cccc(C(=O)O)c2[N+](=O)[O-])C1(C)C. The van der Waals surface area contributed by atoms with Crippen molar-refractivity contribution in [1.82, 2.24) is 0 Å². The summed E-state index contributed by atoms with van der Waals surface area (Å²) in [4.78, 5) is 21.6. The molecule has 0 unspecified atom stereocenters. The Balaban J connectivity index is 2.42. The number of nitrogens with zero attached hydrogens (tertiary/aromatic N) is 1. The van der Waals surface area contributed by atoms with Crippen LogP contribution < -0.4 is 5.32 Å². The van der Waals surface area contributed by atoms with Crippen LogP contribution in [0, 0.1) is 20.9 Å². The van der Waals surface area contributed by atoms with Crippen LogP contribution >= 0.6 is 0 Å². The molecule has 6 nitrogen and oxygen atoms in total. The third-order valence-corrected chi connectivity index (χ3v) is 4.77. The molecule has 1 saturated carbocycles. The van der Waals surface area contributed by atoms with Gasteiger partial charge in [0.1, 0.15) is 11.3 Å². The Morgan fingerprint density at radius 1 is 1.30 bits per heavy atom. The molecule has 1 aromatic rings. The molecule has 0 spiro atoms. The maximum atomic E-state index is 11.2. The van der Waals surface area contributed by atoms with Crippen molar-refractivity contribution in [3.05, 3.63) is 33.9 Å². The van der Waals surface area contributed by atoms with Crippen molar-refractivity contribution in [1.29, 1.82) is 0 Å². The number of nitro benzene ring substituents is 1. The Morgan fingerprint density at radius 2 is 1.85 bits per heavy atom. The molecule has 0 atom stereocenters. The fourth-order valence-corrected chi connectivity index (χ4v) is 2.74. The highest BCUT2D eigenvalue weighted by Gasteiger charge is 2.65. The number of hydrogen-bond acceptors (Lipinski definition) is 4. The zero-order valence-electron chi connectivity index (χ0n) is 11.9. The number of nitro groups is 1. The van der Waals surface area contributed by atoms with Crippen molar-refractivity contribution >= 4 is 17.3 Å². The molecule has 1 fully saturated rings. The summed E-state index contributed by atoms with van der Waals surface area (Å²) in [7, 11) is 0. The van der Waals surface area contributed by atoms with Crippen LogP contribution in [0.15, 0.2) is 18.2 Å². The van der Waals surface area contributed by atoms with Crippen molar-refractivity contribution < 1.29 is 14.8 Å². The summed E-state index contributed by atoms with van der Waals surface area (Å²) in [5.74, 6) is -1.30. The minimum Gasteiger partial charge on any atom is -0.477 e. The standard InChI is InChI=1S/C14H18N2O4/c1-13(2)12(14(13,3)4)15-9-7-5-6-8(11(17)18)10(9)16(19)20/h5-7,12,15H,1-4H3,(H,17,18). The second-order valence-electron chi connectivity index (χ2n) is 6.28. The second-order valence-corrected chi connectivity index (χ2v) is 6.28. The van der Waals surface area contributed by atoms with Crippen LogP contribution in [-0.4, -0.2) is 22.0 Å². The molecule has 0 saturated heterocycles. The number of carboxylic acids is 1. The molecule has 1 aromatic carbocycles. The Morgan fingerprint density at radius 3 is 2.25 bits per heavy atom. The van der Waals surface area contributed by atoms with Gasteiger partial charge in [0, 0.05) is 6.04 Å². The van der Waals surface area contributed by atoms with E-state index in [4.69, 9.17) is 5.11 Å². The molecular weight excluding hydrogens is 260 g/mol. The second kappa shape index (κ2) is 4.19. The van der Waals surface area contributed by atoms with Crippen LogP contribution in [-0.2, 0) is 0 Å². The molecule has 6 heteroatoms. The first-order valence-electron chi connectivity index (χ1n) is 6.38. The van der Waals surface area contributed by atoms with Gasteiger partial charge in [-0.1, -0.05) is 33.8 Å². The number of hydrogen-bond donors (Lipinski definition) is 2.